The summed E-state index contributed by atoms with van der Waals surface area (Å²) in [5.41, 5.74) is 2.75. The number of aromatic amines is 1. The van der Waals surface area contributed by atoms with Crippen LogP contribution in [0.5, 0.6) is 0 Å². The molecule has 5 heteroatoms. The van der Waals surface area contributed by atoms with Crippen molar-refractivity contribution in [2.45, 2.75) is 0 Å². The van der Waals surface area contributed by atoms with E-state index in [0.717, 1.165) is 16.8 Å². The zero-order valence-electron chi connectivity index (χ0n) is 11.1. The molecule has 3 aromatic heterocycles. The third kappa shape index (κ3) is 1.87. The fraction of sp³-hybridized carbons (Fsp3) is 0. The van der Waals surface area contributed by atoms with Crippen molar-refractivity contribution in [2.24, 2.45) is 0 Å². The second-order valence-electron chi connectivity index (χ2n) is 4.76. The van der Waals surface area contributed by atoms with Gasteiger partial charge in [-0.25, -0.2) is 4.79 Å². The normalized spacial score (nSPS) is 11.0. The van der Waals surface area contributed by atoms with E-state index in [1.807, 2.05) is 71.4 Å². The van der Waals surface area contributed by atoms with E-state index < -0.39 is 5.63 Å². The minimum absolute atomic E-state index is 0.394. The number of benzene rings is 1. The van der Waals surface area contributed by atoms with Gasteiger partial charge in [-0.2, -0.15) is 0 Å². The van der Waals surface area contributed by atoms with E-state index in [1.165, 1.54) is 0 Å². The first-order valence-corrected chi connectivity index (χ1v) is 6.59. The molecule has 0 saturated heterocycles. The zero-order chi connectivity index (χ0) is 14.2. The number of hydrogen-bond acceptors (Lipinski definition) is 2. The summed E-state index contributed by atoms with van der Waals surface area (Å²) in [6.07, 6.45) is 3.86. The average Bonchev–Trinajstić information content (AvgIpc) is 3.11. The van der Waals surface area contributed by atoms with Crippen molar-refractivity contribution < 1.29 is 9.20 Å². The van der Waals surface area contributed by atoms with Crippen LogP contribution >= 0.6 is 0 Å². The topological polar surface area (TPSA) is 54.3 Å². The van der Waals surface area contributed by atoms with Crippen molar-refractivity contribution in [3.63, 3.8) is 0 Å². The molecular formula is C16H12N3O2+. The molecule has 1 aromatic carbocycles. The fourth-order valence-electron chi connectivity index (χ4n) is 2.46. The molecule has 0 atom stereocenters. The Morgan fingerprint density at radius 1 is 1.05 bits per heavy atom. The van der Waals surface area contributed by atoms with Gasteiger partial charge in [-0.1, -0.05) is 24.3 Å². The molecule has 0 saturated carbocycles. The van der Waals surface area contributed by atoms with Gasteiger partial charge < -0.3 is 4.40 Å². The molecule has 0 bridgehead atoms. The average molecular weight is 278 g/mol. The zero-order valence-corrected chi connectivity index (χ0v) is 11.1. The third-order valence-corrected chi connectivity index (χ3v) is 3.44. The first-order chi connectivity index (χ1) is 10.3. The predicted molar refractivity (Wildman–Crippen MR) is 77.3 cm³/mol. The summed E-state index contributed by atoms with van der Waals surface area (Å²) in [5.74, 6) is 0. The van der Waals surface area contributed by atoms with Crippen LogP contribution in [-0.4, -0.2) is 9.67 Å². The summed E-state index contributed by atoms with van der Waals surface area (Å²) in [6, 6.07) is 17.4. The summed E-state index contributed by atoms with van der Waals surface area (Å²) in [4.78, 5) is 12.1. The maximum atomic E-state index is 12.1. The highest BCUT2D eigenvalue weighted by atomic mass is 16.5. The Kier molecular flexibility index (Phi) is 2.50. The van der Waals surface area contributed by atoms with Gasteiger partial charge in [-0.15, -0.1) is 0 Å². The number of nitrogens with zero attached hydrogens (tertiary/aromatic N) is 2. The number of fused-ring (bicyclic) bond motifs is 1. The van der Waals surface area contributed by atoms with Gasteiger partial charge in [-0.05, 0) is 28.2 Å². The number of nitrogens with one attached hydrogen (secondary N) is 1. The van der Waals surface area contributed by atoms with Crippen LogP contribution in [0.1, 0.15) is 0 Å². The Bertz CT molecular complexity index is 931. The molecule has 1 N–H and O–H groups in total. The minimum Gasteiger partial charge on any atom is -0.323 e. The maximum absolute atomic E-state index is 12.1. The molecule has 3 heterocycles. The Labute approximate surface area is 119 Å². The van der Waals surface area contributed by atoms with E-state index >= 15 is 0 Å². The molecule has 4 rings (SSSR count). The lowest BCUT2D eigenvalue weighted by atomic mass is 10.2. The van der Waals surface area contributed by atoms with Crippen molar-refractivity contribution >= 4 is 5.52 Å². The summed E-state index contributed by atoms with van der Waals surface area (Å²) in [7, 11) is 0. The van der Waals surface area contributed by atoms with Gasteiger partial charge in [0, 0.05) is 30.0 Å². The largest absolute Gasteiger partial charge is 0.435 e. The number of H-pyrrole nitrogens is 1. The van der Waals surface area contributed by atoms with Crippen molar-refractivity contribution in [1.29, 1.82) is 0 Å². The second-order valence-corrected chi connectivity index (χ2v) is 4.76. The van der Waals surface area contributed by atoms with E-state index in [0.29, 0.717) is 5.69 Å². The maximum Gasteiger partial charge on any atom is 0.435 e. The molecule has 0 fully saturated rings. The molecule has 0 aliphatic heterocycles. The predicted octanol–water partition coefficient (Wildman–Crippen LogP) is 2.16. The van der Waals surface area contributed by atoms with E-state index in [2.05, 4.69) is 5.27 Å². The fourth-order valence-corrected chi connectivity index (χ4v) is 2.46. The third-order valence-electron chi connectivity index (χ3n) is 3.44. The second kappa shape index (κ2) is 4.49. The van der Waals surface area contributed by atoms with Gasteiger partial charge in [0.15, 0.2) is 0 Å². The summed E-state index contributed by atoms with van der Waals surface area (Å²) in [5, 5.41) is 2.65. The number of pyridine rings is 1. The molecule has 0 spiro atoms. The number of hydrogen-bond donors (Lipinski definition) is 1. The molecule has 0 aliphatic carbocycles. The first-order valence-electron chi connectivity index (χ1n) is 6.59. The Morgan fingerprint density at radius 2 is 1.86 bits per heavy atom. The molecule has 5 nitrogen and oxygen atoms in total. The molecule has 0 unspecified atom stereocenters. The smallest absolute Gasteiger partial charge is 0.323 e. The molecular weight excluding hydrogens is 266 g/mol. The minimum atomic E-state index is -0.394. The van der Waals surface area contributed by atoms with Gasteiger partial charge >= 0.3 is 11.3 Å². The lowest BCUT2D eigenvalue weighted by Crippen LogP contribution is -2.35. The monoisotopic (exact) mass is 278 g/mol. The Balaban J connectivity index is 1.96. The Hall–Kier alpha value is -3.08. The summed E-state index contributed by atoms with van der Waals surface area (Å²) >= 11 is 0. The highest BCUT2D eigenvalue weighted by Crippen LogP contribution is 2.18. The van der Waals surface area contributed by atoms with Crippen LogP contribution in [0.2, 0.25) is 0 Å². The molecule has 21 heavy (non-hydrogen) atoms. The number of rotatable bonds is 2. The van der Waals surface area contributed by atoms with E-state index in [1.54, 1.807) is 4.68 Å². The van der Waals surface area contributed by atoms with Crippen LogP contribution in [0.15, 0.2) is 76.3 Å². The van der Waals surface area contributed by atoms with Gasteiger partial charge in [0.2, 0.25) is 5.69 Å². The summed E-state index contributed by atoms with van der Waals surface area (Å²) in [6.45, 7) is 0. The van der Waals surface area contributed by atoms with Crippen LogP contribution in [0, 0.1) is 0 Å². The quantitative estimate of drug-likeness (QED) is 0.571. The molecule has 102 valence electrons. The van der Waals surface area contributed by atoms with Crippen molar-refractivity contribution in [1.82, 2.24) is 9.67 Å². The van der Waals surface area contributed by atoms with E-state index in [4.69, 9.17) is 4.52 Å². The van der Waals surface area contributed by atoms with E-state index in [-0.39, 0.29) is 0 Å². The molecule has 0 aliphatic rings. The highest BCUT2D eigenvalue weighted by Gasteiger charge is 2.26. The first kappa shape index (κ1) is 11.7. The lowest BCUT2D eigenvalue weighted by Gasteiger charge is -1.91. The number of para-hydroxylation sites is 1. The molecule has 0 radical (unpaired) electrons. The van der Waals surface area contributed by atoms with Gasteiger partial charge in [-0.3, -0.25) is 4.52 Å². The summed E-state index contributed by atoms with van der Waals surface area (Å²) < 4.78 is 8.59. The number of aromatic nitrogens is 3. The SMILES string of the molecule is O=c1o[nH][n+](-c2ccccc2)c1-c1cc2ccccn2c1. The van der Waals surface area contributed by atoms with Crippen LogP contribution in [0.25, 0.3) is 22.5 Å². The van der Waals surface area contributed by atoms with Crippen LogP contribution in [-0.2, 0) is 0 Å². The molecule has 4 aromatic rings. The van der Waals surface area contributed by atoms with Gasteiger partial charge in [0.25, 0.3) is 0 Å². The highest BCUT2D eigenvalue weighted by molar-refractivity contribution is 5.65. The van der Waals surface area contributed by atoms with Crippen LogP contribution in [0.3, 0.4) is 0 Å². The van der Waals surface area contributed by atoms with E-state index in [9.17, 15) is 4.79 Å². The van der Waals surface area contributed by atoms with Crippen LogP contribution in [0.4, 0.5) is 0 Å². The van der Waals surface area contributed by atoms with Crippen LogP contribution < -0.4 is 10.3 Å². The molecule has 0 amide bonds. The van der Waals surface area contributed by atoms with Crippen molar-refractivity contribution in [3.05, 3.63) is 77.4 Å². The van der Waals surface area contributed by atoms with Crippen molar-refractivity contribution in [2.75, 3.05) is 0 Å². The van der Waals surface area contributed by atoms with Gasteiger partial charge in [0.1, 0.15) is 0 Å². The Morgan fingerprint density at radius 3 is 2.67 bits per heavy atom. The standard InChI is InChI=1S/C16H11N3O2/c20-16-15(12-10-14-8-4-5-9-18(14)11-12)19(17-21-16)13-6-2-1-3-7-13/h1-11H/p+1. The van der Waals surface area contributed by atoms with Crippen molar-refractivity contribution in [3.8, 4) is 16.9 Å². The van der Waals surface area contributed by atoms with Gasteiger partial charge in [0.05, 0.1) is 5.56 Å². The lowest BCUT2D eigenvalue weighted by molar-refractivity contribution is -0.660.